The number of amides is 2. The van der Waals surface area contributed by atoms with Gasteiger partial charge in [0.1, 0.15) is 5.69 Å². The number of hydrogen-bond donors (Lipinski definition) is 0. The van der Waals surface area contributed by atoms with Gasteiger partial charge < -0.3 is 14.4 Å². The number of aryl methyl sites for hydroxylation is 1. The molecule has 0 bridgehead atoms. The van der Waals surface area contributed by atoms with Gasteiger partial charge in [-0.1, -0.05) is 30.3 Å². The Kier molecular flexibility index (Phi) is 4.49. The van der Waals surface area contributed by atoms with Gasteiger partial charge in [0.15, 0.2) is 0 Å². The molecular formula is C20H24N4O2. The van der Waals surface area contributed by atoms with Crippen molar-refractivity contribution in [2.24, 2.45) is 13.0 Å². The zero-order chi connectivity index (χ0) is 18.1. The average molecular weight is 352 g/mol. The largest absolute Gasteiger partial charge is 0.340 e. The maximum Gasteiger partial charge on any atom is 0.274 e. The minimum Gasteiger partial charge on any atom is -0.340 e. The number of likely N-dealkylation sites (tertiary alicyclic amines) is 2. The van der Waals surface area contributed by atoms with E-state index in [4.69, 9.17) is 0 Å². The lowest BCUT2D eigenvalue weighted by Crippen LogP contribution is -2.43. The molecule has 2 aliphatic rings. The van der Waals surface area contributed by atoms with Crippen LogP contribution in [0, 0.1) is 5.92 Å². The van der Waals surface area contributed by atoms with Gasteiger partial charge in [-0.3, -0.25) is 9.59 Å². The van der Waals surface area contributed by atoms with Crippen LogP contribution in [0.2, 0.25) is 0 Å². The summed E-state index contributed by atoms with van der Waals surface area (Å²) in [6, 6.07) is 10.2. The lowest BCUT2D eigenvalue weighted by molar-refractivity contribution is -0.133. The maximum absolute atomic E-state index is 12.8. The van der Waals surface area contributed by atoms with Gasteiger partial charge in [-0.25, -0.2) is 4.98 Å². The summed E-state index contributed by atoms with van der Waals surface area (Å²) in [5.74, 6) is 0.511. The molecule has 0 N–H and O–H groups in total. The molecule has 0 spiro atoms. The van der Waals surface area contributed by atoms with Crippen molar-refractivity contribution in [3.05, 3.63) is 54.1 Å². The summed E-state index contributed by atoms with van der Waals surface area (Å²) in [6.07, 6.45) is 5.90. The topological polar surface area (TPSA) is 58.4 Å². The molecular weight excluding hydrogens is 328 g/mol. The predicted molar refractivity (Wildman–Crippen MR) is 97.2 cm³/mol. The molecule has 2 amide bonds. The van der Waals surface area contributed by atoms with Crippen LogP contribution in [0.1, 0.15) is 35.3 Å². The second-order valence-electron chi connectivity index (χ2n) is 7.36. The van der Waals surface area contributed by atoms with Crippen molar-refractivity contribution in [3.8, 4) is 0 Å². The van der Waals surface area contributed by atoms with E-state index in [1.54, 1.807) is 17.1 Å². The maximum atomic E-state index is 12.8. The molecule has 2 saturated heterocycles. The lowest BCUT2D eigenvalue weighted by atomic mass is 9.98. The van der Waals surface area contributed by atoms with Crippen LogP contribution < -0.4 is 0 Å². The van der Waals surface area contributed by atoms with Crippen LogP contribution in [0.5, 0.6) is 0 Å². The Hall–Kier alpha value is -2.63. The normalized spacial score (nSPS) is 23.0. The second kappa shape index (κ2) is 6.94. The van der Waals surface area contributed by atoms with E-state index in [0.29, 0.717) is 37.7 Å². The van der Waals surface area contributed by atoms with Crippen molar-refractivity contribution in [2.45, 2.75) is 31.8 Å². The number of nitrogens with zero attached hydrogens (tertiary/aromatic N) is 4. The average Bonchev–Trinajstić information content (AvgIpc) is 3.23. The molecule has 26 heavy (non-hydrogen) atoms. The quantitative estimate of drug-likeness (QED) is 0.850. The molecule has 2 aliphatic heterocycles. The number of rotatable bonds is 3. The van der Waals surface area contributed by atoms with E-state index >= 15 is 0 Å². The molecule has 6 heteroatoms. The van der Waals surface area contributed by atoms with E-state index < -0.39 is 0 Å². The van der Waals surface area contributed by atoms with Crippen molar-refractivity contribution >= 4 is 11.8 Å². The highest BCUT2D eigenvalue weighted by Crippen LogP contribution is 2.32. The van der Waals surface area contributed by atoms with Crippen LogP contribution in [0.3, 0.4) is 0 Å². The second-order valence-corrected chi connectivity index (χ2v) is 7.36. The van der Waals surface area contributed by atoms with Gasteiger partial charge in [0.2, 0.25) is 5.91 Å². The minimum absolute atomic E-state index is 0.0363. The van der Waals surface area contributed by atoms with Gasteiger partial charge in [-0.2, -0.15) is 0 Å². The molecule has 4 rings (SSSR count). The van der Waals surface area contributed by atoms with Crippen LogP contribution in [-0.4, -0.2) is 50.3 Å². The molecule has 2 atom stereocenters. The van der Waals surface area contributed by atoms with Gasteiger partial charge in [-0.15, -0.1) is 0 Å². The molecule has 2 aromatic rings. The number of carbonyl (C=O) groups is 2. The fraction of sp³-hybridized carbons (Fsp3) is 0.450. The Bertz CT molecular complexity index is 801. The van der Waals surface area contributed by atoms with E-state index in [-0.39, 0.29) is 17.9 Å². The molecule has 0 aliphatic carbocycles. The summed E-state index contributed by atoms with van der Waals surface area (Å²) in [6.45, 7) is 1.92. The molecule has 3 heterocycles. The Morgan fingerprint density at radius 3 is 2.77 bits per heavy atom. The molecule has 136 valence electrons. The summed E-state index contributed by atoms with van der Waals surface area (Å²) in [4.78, 5) is 33.6. The smallest absolute Gasteiger partial charge is 0.274 e. The summed E-state index contributed by atoms with van der Waals surface area (Å²) in [5, 5.41) is 0. The standard InChI is InChI=1S/C20H24N4O2/c1-22-12-17(21-14-22)20(26)23-11-16-8-5-9-19(25)24(18(16)13-23)10-15-6-3-2-4-7-15/h2-4,6-7,12,14,16,18H,5,8-11,13H2,1H3/t16-,18+/m1/s1. The number of hydrogen-bond acceptors (Lipinski definition) is 3. The Morgan fingerprint density at radius 1 is 1.23 bits per heavy atom. The zero-order valence-corrected chi connectivity index (χ0v) is 15.0. The van der Waals surface area contributed by atoms with Gasteiger partial charge in [-0.05, 0) is 24.3 Å². The zero-order valence-electron chi connectivity index (χ0n) is 15.0. The van der Waals surface area contributed by atoms with E-state index in [9.17, 15) is 9.59 Å². The van der Waals surface area contributed by atoms with Crippen molar-refractivity contribution in [1.82, 2.24) is 19.4 Å². The van der Waals surface area contributed by atoms with Crippen LogP contribution in [0.4, 0.5) is 0 Å². The van der Waals surface area contributed by atoms with Gasteiger partial charge in [0, 0.05) is 39.3 Å². The number of benzene rings is 1. The van der Waals surface area contributed by atoms with Crippen LogP contribution in [0.15, 0.2) is 42.9 Å². The Labute approximate surface area is 153 Å². The summed E-state index contributed by atoms with van der Waals surface area (Å²) in [5.41, 5.74) is 1.61. The number of fused-ring (bicyclic) bond motifs is 1. The van der Waals surface area contributed by atoms with Gasteiger partial charge in [0.05, 0.1) is 12.4 Å². The van der Waals surface area contributed by atoms with E-state index in [0.717, 1.165) is 18.4 Å². The number of imidazole rings is 1. The van der Waals surface area contributed by atoms with Gasteiger partial charge in [0.25, 0.3) is 5.91 Å². The summed E-state index contributed by atoms with van der Waals surface area (Å²) in [7, 11) is 1.86. The molecule has 1 aromatic carbocycles. The molecule has 6 nitrogen and oxygen atoms in total. The van der Waals surface area contributed by atoms with E-state index in [1.165, 1.54) is 0 Å². The number of aromatic nitrogens is 2. The molecule has 0 saturated carbocycles. The number of carbonyl (C=O) groups excluding carboxylic acids is 2. The van der Waals surface area contributed by atoms with Crippen molar-refractivity contribution < 1.29 is 9.59 Å². The third-order valence-electron chi connectivity index (χ3n) is 5.50. The van der Waals surface area contributed by atoms with Crippen LogP contribution >= 0.6 is 0 Å². The highest BCUT2D eigenvalue weighted by molar-refractivity contribution is 5.92. The minimum atomic E-state index is -0.0363. The van der Waals surface area contributed by atoms with Gasteiger partial charge >= 0.3 is 0 Å². The van der Waals surface area contributed by atoms with E-state index in [1.807, 2.05) is 35.0 Å². The lowest BCUT2D eigenvalue weighted by Gasteiger charge is -2.30. The first-order valence-electron chi connectivity index (χ1n) is 9.22. The molecule has 2 fully saturated rings. The molecule has 1 aromatic heterocycles. The highest BCUT2D eigenvalue weighted by Gasteiger charge is 2.42. The third kappa shape index (κ3) is 3.23. The fourth-order valence-corrected chi connectivity index (χ4v) is 4.17. The summed E-state index contributed by atoms with van der Waals surface area (Å²) >= 11 is 0. The first-order valence-corrected chi connectivity index (χ1v) is 9.22. The third-order valence-corrected chi connectivity index (χ3v) is 5.50. The molecule has 0 unspecified atom stereocenters. The summed E-state index contributed by atoms with van der Waals surface area (Å²) < 4.78 is 1.78. The Morgan fingerprint density at radius 2 is 2.04 bits per heavy atom. The first kappa shape index (κ1) is 16.8. The molecule has 0 radical (unpaired) electrons. The van der Waals surface area contributed by atoms with Crippen LogP contribution in [0.25, 0.3) is 0 Å². The van der Waals surface area contributed by atoms with Crippen molar-refractivity contribution in [3.63, 3.8) is 0 Å². The highest BCUT2D eigenvalue weighted by atomic mass is 16.2. The van der Waals surface area contributed by atoms with Crippen molar-refractivity contribution in [2.75, 3.05) is 13.1 Å². The SMILES string of the molecule is Cn1cnc(C(=O)N2C[C@H]3CCCC(=O)N(Cc4ccccc4)[C@H]3C2)c1. The van der Waals surface area contributed by atoms with Crippen molar-refractivity contribution in [1.29, 1.82) is 0 Å². The Balaban J connectivity index is 1.54. The fourth-order valence-electron chi connectivity index (χ4n) is 4.17. The van der Waals surface area contributed by atoms with Crippen LogP contribution in [-0.2, 0) is 18.4 Å². The van der Waals surface area contributed by atoms with E-state index in [2.05, 4.69) is 17.1 Å². The first-order chi connectivity index (χ1) is 12.6. The monoisotopic (exact) mass is 352 g/mol. The predicted octanol–water partition coefficient (Wildman–Crippen LogP) is 2.07.